The molecule has 2 aromatic heterocycles. The highest BCUT2D eigenvalue weighted by molar-refractivity contribution is 7.09. The minimum Gasteiger partial charge on any atom is -0.399 e. The van der Waals surface area contributed by atoms with Crippen LogP contribution in [0.15, 0.2) is 35.8 Å². The van der Waals surface area contributed by atoms with E-state index in [2.05, 4.69) is 15.3 Å². The maximum absolute atomic E-state index is 12.0. The van der Waals surface area contributed by atoms with Gasteiger partial charge in [0.05, 0.1) is 6.54 Å². The van der Waals surface area contributed by atoms with E-state index in [9.17, 15) is 4.79 Å². The van der Waals surface area contributed by atoms with Crippen LogP contribution in [0.1, 0.15) is 15.5 Å². The molecule has 3 aromatic rings. The minimum absolute atomic E-state index is 0.148. The number of hydrogen-bond donors (Lipinski definition) is 3. The maximum Gasteiger partial charge on any atom is 0.268 e. The highest BCUT2D eigenvalue weighted by Gasteiger charge is 2.09. The van der Waals surface area contributed by atoms with Gasteiger partial charge in [-0.3, -0.25) is 4.79 Å². The Labute approximate surface area is 113 Å². The Bertz CT molecular complexity index is 717. The molecule has 0 saturated heterocycles. The predicted molar refractivity (Wildman–Crippen MR) is 76.0 cm³/mol. The standard InChI is InChI=1S/C13H12N4OS/c14-9-1-2-10-8(5-9)6-11(17-10)13(18)16-7-12-15-3-4-19-12/h1-6,17H,7,14H2,(H,16,18). The molecule has 0 fully saturated rings. The van der Waals surface area contributed by atoms with Gasteiger partial charge >= 0.3 is 0 Å². The highest BCUT2D eigenvalue weighted by Crippen LogP contribution is 2.18. The predicted octanol–water partition coefficient (Wildman–Crippen LogP) is 2.14. The van der Waals surface area contributed by atoms with Crippen molar-refractivity contribution in [1.29, 1.82) is 0 Å². The van der Waals surface area contributed by atoms with Crippen LogP contribution in [0, 0.1) is 0 Å². The topological polar surface area (TPSA) is 83.8 Å². The van der Waals surface area contributed by atoms with Gasteiger partial charge in [0.15, 0.2) is 0 Å². The molecule has 4 N–H and O–H groups in total. The molecular formula is C13H12N4OS. The summed E-state index contributed by atoms with van der Waals surface area (Å²) in [6, 6.07) is 7.30. The first-order valence-corrected chi connectivity index (χ1v) is 6.65. The summed E-state index contributed by atoms with van der Waals surface area (Å²) in [7, 11) is 0. The molecule has 1 aromatic carbocycles. The summed E-state index contributed by atoms with van der Waals surface area (Å²) in [4.78, 5) is 19.2. The fraction of sp³-hybridized carbons (Fsp3) is 0.0769. The van der Waals surface area contributed by atoms with Gasteiger partial charge in [-0.1, -0.05) is 0 Å². The van der Waals surface area contributed by atoms with E-state index in [4.69, 9.17) is 5.73 Å². The van der Waals surface area contributed by atoms with E-state index in [1.807, 2.05) is 17.5 Å². The van der Waals surface area contributed by atoms with Crippen molar-refractivity contribution in [2.75, 3.05) is 5.73 Å². The van der Waals surface area contributed by atoms with Crippen LogP contribution >= 0.6 is 11.3 Å². The second-order valence-corrected chi connectivity index (χ2v) is 5.12. The van der Waals surface area contributed by atoms with Crippen LogP contribution in [0.5, 0.6) is 0 Å². The molecule has 0 aliphatic heterocycles. The average Bonchev–Trinajstić information content (AvgIpc) is 3.04. The minimum atomic E-state index is -0.148. The monoisotopic (exact) mass is 272 g/mol. The number of nitrogen functional groups attached to an aromatic ring is 1. The second kappa shape index (κ2) is 4.74. The van der Waals surface area contributed by atoms with E-state index < -0.39 is 0 Å². The van der Waals surface area contributed by atoms with Crippen LogP contribution in [0.4, 0.5) is 5.69 Å². The third-order valence-corrected chi connectivity index (χ3v) is 3.55. The van der Waals surface area contributed by atoms with Crippen molar-refractivity contribution in [2.45, 2.75) is 6.54 Å². The number of nitrogens with two attached hydrogens (primary N) is 1. The molecule has 2 heterocycles. The van der Waals surface area contributed by atoms with Crippen molar-refractivity contribution >= 4 is 33.8 Å². The lowest BCUT2D eigenvalue weighted by Gasteiger charge is -2.00. The summed E-state index contributed by atoms with van der Waals surface area (Å²) in [6.45, 7) is 0.438. The number of aromatic amines is 1. The molecule has 0 radical (unpaired) electrons. The van der Waals surface area contributed by atoms with Gasteiger partial charge in [-0.15, -0.1) is 11.3 Å². The number of fused-ring (bicyclic) bond motifs is 1. The van der Waals surface area contributed by atoms with Crippen LogP contribution in [-0.4, -0.2) is 15.9 Å². The largest absolute Gasteiger partial charge is 0.399 e. The van der Waals surface area contributed by atoms with Gasteiger partial charge < -0.3 is 16.0 Å². The Hall–Kier alpha value is -2.34. The fourth-order valence-corrected chi connectivity index (χ4v) is 2.42. The van der Waals surface area contributed by atoms with Crippen LogP contribution in [0.25, 0.3) is 10.9 Å². The van der Waals surface area contributed by atoms with Crippen LogP contribution in [0.2, 0.25) is 0 Å². The molecule has 0 spiro atoms. The zero-order valence-corrected chi connectivity index (χ0v) is 10.8. The quantitative estimate of drug-likeness (QED) is 0.639. The summed E-state index contributed by atoms with van der Waals surface area (Å²) in [5.74, 6) is -0.148. The summed E-state index contributed by atoms with van der Waals surface area (Å²) in [6.07, 6.45) is 1.72. The average molecular weight is 272 g/mol. The van der Waals surface area contributed by atoms with E-state index in [1.54, 1.807) is 18.3 Å². The molecule has 6 heteroatoms. The number of hydrogen-bond acceptors (Lipinski definition) is 4. The number of amides is 1. The Kier molecular flexibility index (Phi) is 2.92. The number of anilines is 1. The lowest BCUT2D eigenvalue weighted by Crippen LogP contribution is -2.22. The molecule has 0 aliphatic rings. The van der Waals surface area contributed by atoms with E-state index in [0.717, 1.165) is 15.9 Å². The van der Waals surface area contributed by atoms with Crippen LogP contribution < -0.4 is 11.1 Å². The maximum atomic E-state index is 12.0. The Morgan fingerprint density at radius 1 is 1.42 bits per heavy atom. The first kappa shape index (κ1) is 11.7. The van der Waals surface area contributed by atoms with Crippen LogP contribution in [-0.2, 0) is 6.54 Å². The molecule has 5 nitrogen and oxygen atoms in total. The Morgan fingerprint density at radius 3 is 3.11 bits per heavy atom. The number of carbonyl (C=O) groups excluding carboxylic acids is 1. The van der Waals surface area contributed by atoms with Gasteiger partial charge in [0, 0.05) is 28.2 Å². The lowest BCUT2D eigenvalue weighted by molar-refractivity contribution is 0.0946. The zero-order chi connectivity index (χ0) is 13.2. The number of aromatic nitrogens is 2. The number of thiazole rings is 1. The number of benzene rings is 1. The molecule has 3 rings (SSSR count). The van der Waals surface area contributed by atoms with E-state index >= 15 is 0 Å². The highest BCUT2D eigenvalue weighted by atomic mass is 32.1. The van der Waals surface area contributed by atoms with E-state index in [-0.39, 0.29) is 5.91 Å². The fourth-order valence-electron chi connectivity index (χ4n) is 1.86. The molecule has 19 heavy (non-hydrogen) atoms. The van der Waals surface area contributed by atoms with Gasteiger partial charge in [0.25, 0.3) is 5.91 Å². The number of nitrogens with one attached hydrogen (secondary N) is 2. The third-order valence-electron chi connectivity index (χ3n) is 2.77. The SMILES string of the molecule is Nc1ccc2[nH]c(C(=O)NCc3nccs3)cc2c1. The molecule has 96 valence electrons. The lowest BCUT2D eigenvalue weighted by atomic mass is 10.2. The third kappa shape index (κ3) is 2.43. The summed E-state index contributed by atoms with van der Waals surface area (Å²) in [5, 5.41) is 6.52. The van der Waals surface area contributed by atoms with Crippen molar-refractivity contribution in [3.05, 3.63) is 46.5 Å². The van der Waals surface area contributed by atoms with Crippen molar-refractivity contribution < 1.29 is 4.79 Å². The Balaban J connectivity index is 1.77. The molecule has 0 aliphatic carbocycles. The first-order valence-electron chi connectivity index (χ1n) is 5.77. The molecule has 1 amide bonds. The van der Waals surface area contributed by atoms with Crippen LogP contribution in [0.3, 0.4) is 0 Å². The van der Waals surface area contributed by atoms with E-state index in [1.165, 1.54) is 11.3 Å². The van der Waals surface area contributed by atoms with Crippen molar-refractivity contribution in [3.63, 3.8) is 0 Å². The number of rotatable bonds is 3. The number of nitrogens with zero attached hydrogens (tertiary/aromatic N) is 1. The smallest absolute Gasteiger partial charge is 0.268 e. The molecule has 0 bridgehead atoms. The second-order valence-electron chi connectivity index (χ2n) is 4.14. The van der Waals surface area contributed by atoms with Gasteiger partial charge in [0.1, 0.15) is 10.7 Å². The van der Waals surface area contributed by atoms with Gasteiger partial charge in [-0.25, -0.2) is 4.98 Å². The normalized spacial score (nSPS) is 10.7. The number of H-pyrrole nitrogens is 1. The van der Waals surface area contributed by atoms with Gasteiger partial charge in [-0.2, -0.15) is 0 Å². The summed E-state index contributed by atoms with van der Waals surface area (Å²) >= 11 is 1.51. The van der Waals surface area contributed by atoms with Crippen molar-refractivity contribution in [3.8, 4) is 0 Å². The van der Waals surface area contributed by atoms with Gasteiger partial charge in [0.2, 0.25) is 0 Å². The summed E-state index contributed by atoms with van der Waals surface area (Å²) < 4.78 is 0. The van der Waals surface area contributed by atoms with Crippen molar-refractivity contribution in [2.24, 2.45) is 0 Å². The van der Waals surface area contributed by atoms with Crippen molar-refractivity contribution in [1.82, 2.24) is 15.3 Å². The molecular weight excluding hydrogens is 260 g/mol. The first-order chi connectivity index (χ1) is 9.22. The van der Waals surface area contributed by atoms with E-state index in [0.29, 0.717) is 17.9 Å². The molecule has 0 unspecified atom stereocenters. The zero-order valence-electron chi connectivity index (χ0n) is 10.0. The van der Waals surface area contributed by atoms with Gasteiger partial charge in [-0.05, 0) is 24.3 Å². The summed E-state index contributed by atoms with van der Waals surface area (Å²) in [5.41, 5.74) is 7.81. The molecule has 0 saturated carbocycles. The number of carbonyl (C=O) groups is 1. The molecule has 0 atom stereocenters. The Morgan fingerprint density at radius 2 is 2.32 bits per heavy atom.